The van der Waals surface area contributed by atoms with Crippen LogP contribution in [0.3, 0.4) is 0 Å². The summed E-state index contributed by atoms with van der Waals surface area (Å²) in [5, 5.41) is 6.68. The molecule has 2 aliphatic rings. The molecule has 0 atom stereocenters. The van der Waals surface area contributed by atoms with Gasteiger partial charge in [0.1, 0.15) is 0 Å². The van der Waals surface area contributed by atoms with Crippen molar-refractivity contribution >= 4 is 17.6 Å². The van der Waals surface area contributed by atoms with Crippen LogP contribution in [0.2, 0.25) is 0 Å². The van der Waals surface area contributed by atoms with Gasteiger partial charge in [0.25, 0.3) is 0 Å². The summed E-state index contributed by atoms with van der Waals surface area (Å²) in [6.07, 6.45) is 5.38. The second-order valence-corrected chi connectivity index (χ2v) is 7.77. The van der Waals surface area contributed by atoms with E-state index in [1.807, 2.05) is 25.1 Å². The molecule has 8 heteroatoms. The van der Waals surface area contributed by atoms with Gasteiger partial charge in [0.05, 0.1) is 19.8 Å². The molecule has 1 saturated carbocycles. The lowest BCUT2D eigenvalue weighted by molar-refractivity contribution is -0.143. The van der Waals surface area contributed by atoms with Crippen LogP contribution in [0.5, 0.6) is 11.5 Å². The van der Waals surface area contributed by atoms with E-state index in [0.29, 0.717) is 45.2 Å². The Labute approximate surface area is 184 Å². The molecule has 3 rings (SSSR count). The Kier molecular flexibility index (Phi) is 9.76. The second kappa shape index (κ2) is 13.0. The van der Waals surface area contributed by atoms with E-state index >= 15 is 0 Å². The zero-order valence-corrected chi connectivity index (χ0v) is 18.5. The van der Waals surface area contributed by atoms with Crippen molar-refractivity contribution in [3.05, 3.63) is 18.2 Å². The standard InChI is InChI=1S/C23H35N3O5/c1-2-29-22(27)6-3-11-24-23(25-12-4-13-28-17-18-7-8-18)26-19-9-10-20-21(16-19)31-15-5-14-30-20/h9-10,16,18H,2-8,11-15,17H2,1H3,(H2,24,25,26). The molecular weight excluding hydrogens is 398 g/mol. The van der Waals surface area contributed by atoms with E-state index in [1.165, 1.54) is 12.8 Å². The molecule has 0 saturated heterocycles. The number of aliphatic imine (C=N–C) groups is 1. The Morgan fingerprint density at radius 3 is 2.84 bits per heavy atom. The summed E-state index contributed by atoms with van der Waals surface area (Å²) in [5.41, 5.74) is 0.867. The normalized spacial score (nSPS) is 15.8. The summed E-state index contributed by atoms with van der Waals surface area (Å²) in [7, 11) is 0. The van der Waals surface area contributed by atoms with Crippen molar-refractivity contribution < 1.29 is 23.7 Å². The monoisotopic (exact) mass is 433 g/mol. The van der Waals surface area contributed by atoms with Gasteiger partial charge in [-0.3, -0.25) is 9.79 Å². The number of ether oxygens (including phenoxy) is 4. The summed E-state index contributed by atoms with van der Waals surface area (Å²) in [4.78, 5) is 16.1. The first-order valence-electron chi connectivity index (χ1n) is 11.4. The molecule has 0 radical (unpaired) electrons. The minimum atomic E-state index is -0.184. The van der Waals surface area contributed by atoms with Gasteiger partial charge in [0.15, 0.2) is 17.5 Å². The molecule has 8 nitrogen and oxygen atoms in total. The number of nitrogens with zero attached hydrogens (tertiary/aromatic N) is 1. The van der Waals surface area contributed by atoms with Gasteiger partial charge in [-0.25, -0.2) is 0 Å². The van der Waals surface area contributed by atoms with E-state index < -0.39 is 0 Å². The average Bonchev–Trinajstić information content (AvgIpc) is 3.60. The Bertz CT molecular complexity index is 721. The number of carbonyl (C=O) groups excluding carboxylic acids is 1. The van der Waals surface area contributed by atoms with Crippen molar-refractivity contribution in [1.29, 1.82) is 0 Å². The minimum Gasteiger partial charge on any atom is -0.490 e. The first-order chi connectivity index (χ1) is 15.2. The smallest absolute Gasteiger partial charge is 0.305 e. The van der Waals surface area contributed by atoms with Crippen LogP contribution in [0.1, 0.15) is 45.4 Å². The van der Waals surface area contributed by atoms with Crippen LogP contribution in [0, 0.1) is 5.92 Å². The van der Waals surface area contributed by atoms with Crippen LogP contribution in [-0.2, 0) is 14.3 Å². The number of nitrogens with one attached hydrogen (secondary N) is 2. The number of hydrogen-bond donors (Lipinski definition) is 2. The molecule has 1 aromatic rings. The highest BCUT2D eigenvalue weighted by atomic mass is 16.5. The van der Waals surface area contributed by atoms with Crippen LogP contribution in [-0.4, -0.2) is 58.1 Å². The van der Waals surface area contributed by atoms with Crippen molar-refractivity contribution in [3.8, 4) is 11.5 Å². The summed E-state index contributed by atoms with van der Waals surface area (Å²) < 4.78 is 22.1. The van der Waals surface area contributed by atoms with Gasteiger partial charge in [-0.1, -0.05) is 0 Å². The number of benzene rings is 1. The molecule has 0 amide bonds. The third kappa shape index (κ3) is 9.04. The number of rotatable bonds is 12. The predicted molar refractivity (Wildman–Crippen MR) is 120 cm³/mol. The van der Waals surface area contributed by atoms with Crippen molar-refractivity contribution in [1.82, 2.24) is 5.32 Å². The fraction of sp³-hybridized carbons (Fsp3) is 0.652. The zero-order chi connectivity index (χ0) is 21.7. The largest absolute Gasteiger partial charge is 0.490 e. The topological polar surface area (TPSA) is 90.4 Å². The number of fused-ring (bicyclic) bond motifs is 1. The molecule has 2 N–H and O–H groups in total. The third-order valence-corrected chi connectivity index (χ3v) is 4.93. The molecule has 0 bridgehead atoms. The van der Waals surface area contributed by atoms with Gasteiger partial charge in [-0.2, -0.15) is 0 Å². The van der Waals surface area contributed by atoms with Gasteiger partial charge in [-0.15, -0.1) is 0 Å². The molecule has 0 unspecified atom stereocenters. The Hall–Kier alpha value is -2.48. The van der Waals surface area contributed by atoms with E-state index in [-0.39, 0.29) is 5.97 Å². The number of carbonyl (C=O) groups is 1. The van der Waals surface area contributed by atoms with E-state index in [9.17, 15) is 4.79 Å². The van der Waals surface area contributed by atoms with Crippen LogP contribution in [0.25, 0.3) is 0 Å². The summed E-state index contributed by atoms with van der Waals surface area (Å²) in [6, 6.07) is 5.78. The molecule has 0 aromatic heterocycles. The predicted octanol–water partition coefficient (Wildman–Crippen LogP) is 3.37. The maximum atomic E-state index is 11.5. The summed E-state index contributed by atoms with van der Waals surface area (Å²) in [6.45, 7) is 6.42. The highest BCUT2D eigenvalue weighted by molar-refractivity contribution is 5.94. The van der Waals surface area contributed by atoms with Gasteiger partial charge >= 0.3 is 5.97 Å². The van der Waals surface area contributed by atoms with E-state index in [4.69, 9.17) is 18.9 Å². The van der Waals surface area contributed by atoms with Gasteiger partial charge in [0, 0.05) is 50.9 Å². The lowest BCUT2D eigenvalue weighted by Gasteiger charge is -2.15. The van der Waals surface area contributed by atoms with Crippen LogP contribution in [0.4, 0.5) is 5.69 Å². The van der Waals surface area contributed by atoms with Crippen LogP contribution >= 0.6 is 0 Å². The number of esters is 1. The number of hydrogen-bond acceptors (Lipinski definition) is 6. The fourth-order valence-electron chi connectivity index (χ4n) is 3.08. The quantitative estimate of drug-likeness (QED) is 0.226. The molecule has 0 spiro atoms. The van der Waals surface area contributed by atoms with Crippen molar-refractivity contribution in [2.75, 3.05) is 51.4 Å². The highest BCUT2D eigenvalue weighted by Gasteiger charge is 2.20. The average molecular weight is 434 g/mol. The van der Waals surface area contributed by atoms with Gasteiger partial charge in [-0.05, 0) is 50.7 Å². The number of guanidine groups is 1. The molecular formula is C23H35N3O5. The lowest BCUT2D eigenvalue weighted by Crippen LogP contribution is -2.32. The second-order valence-electron chi connectivity index (χ2n) is 7.77. The lowest BCUT2D eigenvalue weighted by atomic mass is 10.2. The van der Waals surface area contributed by atoms with Crippen LogP contribution in [0.15, 0.2) is 23.2 Å². The summed E-state index contributed by atoms with van der Waals surface area (Å²) >= 11 is 0. The Morgan fingerprint density at radius 1 is 1.19 bits per heavy atom. The van der Waals surface area contributed by atoms with E-state index in [2.05, 4.69) is 15.6 Å². The maximum Gasteiger partial charge on any atom is 0.305 e. The molecule has 31 heavy (non-hydrogen) atoms. The van der Waals surface area contributed by atoms with Crippen molar-refractivity contribution in [2.24, 2.45) is 10.9 Å². The highest BCUT2D eigenvalue weighted by Crippen LogP contribution is 2.32. The molecule has 172 valence electrons. The van der Waals surface area contributed by atoms with Crippen molar-refractivity contribution in [3.63, 3.8) is 0 Å². The van der Waals surface area contributed by atoms with Gasteiger partial charge in [0.2, 0.25) is 0 Å². The maximum absolute atomic E-state index is 11.5. The molecule has 1 heterocycles. The zero-order valence-electron chi connectivity index (χ0n) is 18.5. The number of anilines is 1. The first-order valence-corrected chi connectivity index (χ1v) is 11.4. The Morgan fingerprint density at radius 2 is 2.03 bits per heavy atom. The third-order valence-electron chi connectivity index (χ3n) is 4.93. The molecule has 1 aliphatic carbocycles. The van der Waals surface area contributed by atoms with Crippen LogP contribution < -0.4 is 20.1 Å². The summed E-state index contributed by atoms with van der Waals surface area (Å²) in [5.74, 6) is 2.76. The Balaban J connectivity index is 1.50. The fourth-order valence-corrected chi connectivity index (χ4v) is 3.08. The minimum absolute atomic E-state index is 0.184. The van der Waals surface area contributed by atoms with Crippen molar-refractivity contribution in [2.45, 2.75) is 45.4 Å². The van der Waals surface area contributed by atoms with E-state index in [0.717, 1.165) is 55.7 Å². The molecule has 1 aliphatic heterocycles. The van der Waals surface area contributed by atoms with E-state index in [1.54, 1.807) is 0 Å². The SMILES string of the molecule is CCOC(=O)CCCN=C(NCCCOCC1CC1)Nc1ccc2c(c1)OCCCO2. The first kappa shape index (κ1) is 23.2. The molecule has 1 fully saturated rings. The molecule has 1 aromatic carbocycles. The van der Waals surface area contributed by atoms with Gasteiger partial charge < -0.3 is 29.6 Å².